The Hall–Kier alpha value is -0.830. The number of methoxy groups -OCH3 is 1. The average Bonchev–Trinajstić information content (AvgIpc) is 2.47. The van der Waals surface area contributed by atoms with Gasteiger partial charge in [0.1, 0.15) is 0 Å². The molecule has 1 rings (SSSR count). The lowest BCUT2D eigenvalue weighted by Gasteiger charge is -2.11. The molecule has 0 aromatic heterocycles. The van der Waals surface area contributed by atoms with Gasteiger partial charge in [0.15, 0.2) is 0 Å². The summed E-state index contributed by atoms with van der Waals surface area (Å²) in [5.74, 6) is -0.279. The van der Waals surface area contributed by atoms with E-state index >= 15 is 0 Å². The van der Waals surface area contributed by atoms with Crippen molar-refractivity contribution in [1.29, 1.82) is 0 Å². The Kier molecular flexibility index (Phi) is 3.96. The van der Waals surface area contributed by atoms with Crippen molar-refractivity contribution in [1.82, 2.24) is 0 Å². The molecule has 1 aliphatic heterocycles. The molecule has 0 spiro atoms. The second kappa shape index (κ2) is 5.02. The maximum absolute atomic E-state index is 10.9. The highest BCUT2D eigenvalue weighted by molar-refractivity contribution is 5.85. The first kappa shape index (κ1) is 10.3. The van der Waals surface area contributed by atoms with Gasteiger partial charge in [-0.05, 0) is 12.8 Å². The van der Waals surface area contributed by atoms with Gasteiger partial charge in [0.05, 0.1) is 0 Å². The Labute approximate surface area is 78.7 Å². The first-order chi connectivity index (χ1) is 6.27. The van der Waals surface area contributed by atoms with Crippen molar-refractivity contribution in [3.05, 3.63) is 11.6 Å². The first-order valence-electron chi connectivity index (χ1n) is 4.71. The van der Waals surface area contributed by atoms with Crippen LogP contribution >= 0.6 is 0 Å². The molecule has 74 valence electrons. The lowest BCUT2D eigenvalue weighted by atomic mass is 10.1. The SMILES string of the molecule is CCCCCC1=CC(=O)OC1OC. The number of hydrogen-bond acceptors (Lipinski definition) is 3. The van der Waals surface area contributed by atoms with Crippen LogP contribution in [0.4, 0.5) is 0 Å². The molecule has 1 heterocycles. The van der Waals surface area contributed by atoms with Gasteiger partial charge in [0, 0.05) is 18.8 Å². The number of cyclic esters (lactones) is 1. The Balaban J connectivity index is 2.37. The zero-order valence-electron chi connectivity index (χ0n) is 8.21. The predicted octanol–water partition coefficient (Wildman–Crippen LogP) is 2.02. The van der Waals surface area contributed by atoms with E-state index in [9.17, 15) is 4.79 Å². The third kappa shape index (κ3) is 2.84. The maximum Gasteiger partial charge on any atom is 0.333 e. The van der Waals surface area contributed by atoms with E-state index in [2.05, 4.69) is 6.92 Å². The normalized spacial score (nSPS) is 21.5. The second-order valence-electron chi connectivity index (χ2n) is 3.18. The fourth-order valence-electron chi connectivity index (χ4n) is 1.40. The molecule has 0 saturated carbocycles. The number of unbranched alkanes of at least 4 members (excludes halogenated alkanes) is 2. The van der Waals surface area contributed by atoms with Gasteiger partial charge >= 0.3 is 5.97 Å². The van der Waals surface area contributed by atoms with E-state index in [0.717, 1.165) is 18.4 Å². The fraction of sp³-hybridized carbons (Fsp3) is 0.700. The highest BCUT2D eigenvalue weighted by Crippen LogP contribution is 2.21. The van der Waals surface area contributed by atoms with E-state index in [-0.39, 0.29) is 5.97 Å². The van der Waals surface area contributed by atoms with Crippen LogP contribution in [0.25, 0.3) is 0 Å². The van der Waals surface area contributed by atoms with Gasteiger partial charge < -0.3 is 9.47 Å². The maximum atomic E-state index is 10.9. The van der Waals surface area contributed by atoms with Gasteiger partial charge in [-0.15, -0.1) is 0 Å². The molecule has 0 aromatic rings. The number of rotatable bonds is 5. The van der Waals surface area contributed by atoms with Crippen molar-refractivity contribution in [3.8, 4) is 0 Å². The average molecular weight is 184 g/mol. The van der Waals surface area contributed by atoms with Crippen LogP contribution in [0.1, 0.15) is 32.6 Å². The van der Waals surface area contributed by atoms with Crippen LogP contribution in [0.2, 0.25) is 0 Å². The van der Waals surface area contributed by atoms with E-state index in [4.69, 9.17) is 9.47 Å². The highest BCUT2D eigenvalue weighted by atomic mass is 16.7. The second-order valence-corrected chi connectivity index (χ2v) is 3.18. The van der Waals surface area contributed by atoms with Crippen LogP contribution in [0.3, 0.4) is 0 Å². The summed E-state index contributed by atoms with van der Waals surface area (Å²) in [6.07, 6.45) is 5.48. The smallest absolute Gasteiger partial charge is 0.333 e. The lowest BCUT2D eigenvalue weighted by Crippen LogP contribution is -2.13. The lowest BCUT2D eigenvalue weighted by molar-refractivity contribution is -0.155. The minimum absolute atomic E-state index is 0.279. The number of hydrogen-bond donors (Lipinski definition) is 0. The summed E-state index contributed by atoms with van der Waals surface area (Å²) >= 11 is 0. The van der Waals surface area contributed by atoms with Crippen LogP contribution in [0, 0.1) is 0 Å². The molecule has 3 nitrogen and oxygen atoms in total. The monoisotopic (exact) mass is 184 g/mol. The third-order valence-electron chi connectivity index (χ3n) is 2.11. The summed E-state index contributed by atoms with van der Waals surface area (Å²) in [6.45, 7) is 2.15. The van der Waals surface area contributed by atoms with E-state index in [1.807, 2.05) is 0 Å². The van der Waals surface area contributed by atoms with Gasteiger partial charge in [0.25, 0.3) is 0 Å². The van der Waals surface area contributed by atoms with E-state index in [1.165, 1.54) is 12.8 Å². The molecule has 3 heteroatoms. The molecular formula is C10H16O3. The summed E-state index contributed by atoms with van der Waals surface area (Å²) in [4.78, 5) is 10.9. The van der Waals surface area contributed by atoms with Crippen molar-refractivity contribution < 1.29 is 14.3 Å². The molecule has 1 atom stereocenters. The molecule has 1 unspecified atom stereocenters. The zero-order valence-corrected chi connectivity index (χ0v) is 8.21. The van der Waals surface area contributed by atoms with E-state index in [0.29, 0.717) is 0 Å². The standard InChI is InChI=1S/C10H16O3/c1-3-4-5-6-8-7-9(11)13-10(8)12-2/h7,10H,3-6H2,1-2H3. The summed E-state index contributed by atoms with van der Waals surface area (Å²) < 4.78 is 9.91. The first-order valence-corrected chi connectivity index (χ1v) is 4.71. The molecule has 0 radical (unpaired) electrons. The van der Waals surface area contributed by atoms with E-state index < -0.39 is 6.29 Å². The molecule has 0 aromatic carbocycles. The third-order valence-corrected chi connectivity index (χ3v) is 2.11. The molecule has 0 amide bonds. The molecule has 0 N–H and O–H groups in total. The predicted molar refractivity (Wildman–Crippen MR) is 49.1 cm³/mol. The Bertz CT molecular complexity index is 208. The zero-order chi connectivity index (χ0) is 9.68. The Morgan fingerprint density at radius 2 is 2.31 bits per heavy atom. The quantitative estimate of drug-likeness (QED) is 0.484. The van der Waals surface area contributed by atoms with Crippen molar-refractivity contribution in [2.75, 3.05) is 7.11 Å². The largest absolute Gasteiger partial charge is 0.428 e. The van der Waals surface area contributed by atoms with Crippen LogP contribution in [-0.4, -0.2) is 19.4 Å². The summed E-state index contributed by atoms with van der Waals surface area (Å²) in [7, 11) is 1.55. The fourth-order valence-corrected chi connectivity index (χ4v) is 1.40. The van der Waals surface area contributed by atoms with Crippen molar-refractivity contribution in [2.45, 2.75) is 38.9 Å². The summed E-state index contributed by atoms with van der Waals surface area (Å²) in [5.41, 5.74) is 0.973. The summed E-state index contributed by atoms with van der Waals surface area (Å²) in [5, 5.41) is 0. The number of carbonyl (C=O) groups is 1. The van der Waals surface area contributed by atoms with Gasteiger partial charge in [0.2, 0.25) is 6.29 Å². The molecule has 0 aliphatic carbocycles. The van der Waals surface area contributed by atoms with Crippen LogP contribution in [0.5, 0.6) is 0 Å². The van der Waals surface area contributed by atoms with Gasteiger partial charge in [-0.1, -0.05) is 19.8 Å². The van der Waals surface area contributed by atoms with Crippen LogP contribution < -0.4 is 0 Å². The van der Waals surface area contributed by atoms with Gasteiger partial charge in [-0.3, -0.25) is 0 Å². The minimum Gasteiger partial charge on any atom is -0.428 e. The topological polar surface area (TPSA) is 35.5 Å². The van der Waals surface area contributed by atoms with Crippen LogP contribution in [-0.2, 0) is 14.3 Å². The molecule has 13 heavy (non-hydrogen) atoms. The van der Waals surface area contributed by atoms with Gasteiger partial charge in [-0.2, -0.15) is 0 Å². The molecular weight excluding hydrogens is 168 g/mol. The van der Waals surface area contributed by atoms with Crippen molar-refractivity contribution >= 4 is 5.97 Å². The Morgan fingerprint density at radius 1 is 1.54 bits per heavy atom. The molecule has 0 saturated heterocycles. The highest BCUT2D eigenvalue weighted by Gasteiger charge is 2.24. The molecule has 1 aliphatic rings. The minimum atomic E-state index is -0.427. The van der Waals surface area contributed by atoms with Crippen molar-refractivity contribution in [3.63, 3.8) is 0 Å². The summed E-state index contributed by atoms with van der Waals surface area (Å²) in [6, 6.07) is 0. The number of ether oxygens (including phenoxy) is 2. The van der Waals surface area contributed by atoms with E-state index in [1.54, 1.807) is 13.2 Å². The van der Waals surface area contributed by atoms with Crippen molar-refractivity contribution in [2.24, 2.45) is 0 Å². The molecule has 0 fully saturated rings. The Morgan fingerprint density at radius 3 is 2.92 bits per heavy atom. The van der Waals surface area contributed by atoms with Crippen LogP contribution in [0.15, 0.2) is 11.6 Å². The molecule has 0 bridgehead atoms. The van der Waals surface area contributed by atoms with Gasteiger partial charge in [-0.25, -0.2) is 4.79 Å². The number of esters is 1. The number of carbonyl (C=O) groups excluding carboxylic acids is 1.